The minimum atomic E-state index is -1.16. The number of rotatable bonds is 11. The van der Waals surface area contributed by atoms with Gasteiger partial charge in [-0.25, -0.2) is 0 Å². The molecule has 4 heteroatoms. The zero-order chi connectivity index (χ0) is 15.3. The maximum Gasteiger partial charge on any atom is 0.175 e. The van der Waals surface area contributed by atoms with Gasteiger partial charge in [0.2, 0.25) is 0 Å². The Bertz CT molecular complexity index is 333. The van der Waals surface area contributed by atoms with E-state index in [-0.39, 0.29) is 18.4 Å². The first-order chi connectivity index (χ1) is 10.1. The Labute approximate surface area is 127 Å². The van der Waals surface area contributed by atoms with Crippen molar-refractivity contribution in [3.63, 3.8) is 0 Å². The zero-order valence-electron chi connectivity index (χ0n) is 12.9. The standard InChI is InChI=1S/C17H30O4/c1-2-3-4-5-6-7-8-9-10-11-13-15-16(19)14(12-18)21-17(13,15)20/h2,13-16,18-20H,1,3-12H2. The minimum Gasteiger partial charge on any atom is -0.394 e. The third-order valence-corrected chi connectivity index (χ3v) is 5.03. The highest BCUT2D eigenvalue weighted by molar-refractivity contribution is 5.15. The molecule has 1 saturated carbocycles. The molecule has 5 atom stereocenters. The summed E-state index contributed by atoms with van der Waals surface area (Å²) in [5.74, 6) is -1.28. The van der Waals surface area contributed by atoms with Gasteiger partial charge >= 0.3 is 0 Å². The van der Waals surface area contributed by atoms with E-state index in [0.29, 0.717) is 0 Å². The summed E-state index contributed by atoms with van der Waals surface area (Å²) in [6.45, 7) is 3.50. The van der Waals surface area contributed by atoms with Gasteiger partial charge in [-0.1, -0.05) is 44.6 Å². The first-order valence-electron chi connectivity index (χ1n) is 8.45. The van der Waals surface area contributed by atoms with E-state index in [2.05, 4.69) is 6.58 Å². The molecule has 3 N–H and O–H groups in total. The molecule has 122 valence electrons. The molecule has 1 aliphatic heterocycles. The first kappa shape index (κ1) is 16.9. The van der Waals surface area contributed by atoms with Crippen LogP contribution in [0.4, 0.5) is 0 Å². The Kier molecular flexibility index (Phi) is 6.23. The SMILES string of the molecule is C=CCCCCCCCCCC1C2C(O)C(CO)OC12O. The molecule has 2 aliphatic rings. The smallest absolute Gasteiger partial charge is 0.175 e. The van der Waals surface area contributed by atoms with Crippen molar-refractivity contribution < 1.29 is 20.1 Å². The van der Waals surface area contributed by atoms with Crippen LogP contribution in [-0.4, -0.2) is 39.9 Å². The van der Waals surface area contributed by atoms with E-state index in [1.54, 1.807) is 0 Å². The summed E-state index contributed by atoms with van der Waals surface area (Å²) in [7, 11) is 0. The predicted molar refractivity (Wildman–Crippen MR) is 81.6 cm³/mol. The summed E-state index contributed by atoms with van der Waals surface area (Å²) in [6, 6.07) is 0. The highest BCUT2D eigenvalue weighted by atomic mass is 16.7. The Hall–Kier alpha value is -0.420. The molecule has 0 aromatic carbocycles. The number of fused-ring (bicyclic) bond motifs is 1. The lowest BCUT2D eigenvalue weighted by Gasteiger charge is -2.18. The lowest BCUT2D eigenvalue weighted by molar-refractivity contribution is -0.166. The second-order valence-electron chi connectivity index (χ2n) is 6.55. The summed E-state index contributed by atoms with van der Waals surface area (Å²) in [5.41, 5.74) is 0. The van der Waals surface area contributed by atoms with Gasteiger partial charge in [0, 0.05) is 11.8 Å². The van der Waals surface area contributed by atoms with E-state index in [1.807, 2.05) is 6.08 Å². The van der Waals surface area contributed by atoms with Gasteiger partial charge in [-0.3, -0.25) is 0 Å². The molecule has 0 aromatic rings. The Morgan fingerprint density at radius 3 is 2.19 bits per heavy atom. The summed E-state index contributed by atoms with van der Waals surface area (Å²) in [6.07, 6.45) is 11.3. The molecule has 0 radical (unpaired) electrons. The lowest BCUT2D eigenvalue weighted by atomic mass is 10.0. The van der Waals surface area contributed by atoms with Crippen LogP contribution in [0.3, 0.4) is 0 Å². The summed E-state index contributed by atoms with van der Waals surface area (Å²) < 4.78 is 5.38. The second-order valence-corrected chi connectivity index (χ2v) is 6.55. The van der Waals surface area contributed by atoms with Crippen LogP contribution >= 0.6 is 0 Å². The third-order valence-electron chi connectivity index (χ3n) is 5.03. The maximum atomic E-state index is 10.2. The van der Waals surface area contributed by atoms with Crippen LogP contribution in [0.2, 0.25) is 0 Å². The fraction of sp³-hybridized carbons (Fsp3) is 0.882. The molecule has 1 heterocycles. The number of aliphatic hydroxyl groups is 3. The maximum absolute atomic E-state index is 10.2. The van der Waals surface area contributed by atoms with Crippen molar-refractivity contribution in [3.05, 3.63) is 12.7 Å². The van der Waals surface area contributed by atoms with Gasteiger partial charge in [-0.05, 0) is 19.3 Å². The van der Waals surface area contributed by atoms with E-state index in [0.717, 1.165) is 19.3 Å². The highest BCUT2D eigenvalue weighted by Crippen LogP contribution is 2.61. The number of allylic oxidation sites excluding steroid dienone is 1. The van der Waals surface area contributed by atoms with Crippen molar-refractivity contribution in [1.82, 2.24) is 0 Å². The lowest BCUT2D eigenvalue weighted by Crippen LogP contribution is -2.31. The van der Waals surface area contributed by atoms with E-state index in [1.165, 1.54) is 38.5 Å². The number of unbranched alkanes of at least 4 members (excludes halogenated alkanes) is 7. The van der Waals surface area contributed by atoms with Crippen LogP contribution < -0.4 is 0 Å². The van der Waals surface area contributed by atoms with Gasteiger partial charge in [0.05, 0.1) is 12.7 Å². The van der Waals surface area contributed by atoms with Gasteiger partial charge in [0.15, 0.2) is 5.79 Å². The Morgan fingerprint density at radius 2 is 1.67 bits per heavy atom. The molecule has 1 saturated heterocycles. The normalized spacial score (nSPS) is 37.5. The van der Waals surface area contributed by atoms with E-state index in [4.69, 9.17) is 9.84 Å². The van der Waals surface area contributed by atoms with Crippen LogP contribution in [0.25, 0.3) is 0 Å². The van der Waals surface area contributed by atoms with Crippen molar-refractivity contribution in [3.8, 4) is 0 Å². The molecular weight excluding hydrogens is 268 g/mol. The van der Waals surface area contributed by atoms with Gasteiger partial charge in [-0.2, -0.15) is 0 Å². The zero-order valence-corrected chi connectivity index (χ0v) is 12.9. The third kappa shape index (κ3) is 3.86. The van der Waals surface area contributed by atoms with Crippen LogP contribution in [-0.2, 0) is 4.74 Å². The predicted octanol–water partition coefficient (Wildman–Crippen LogP) is 2.37. The Morgan fingerprint density at radius 1 is 1.05 bits per heavy atom. The van der Waals surface area contributed by atoms with Crippen LogP contribution in [0, 0.1) is 11.8 Å². The number of aliphatic hydroxyl groups excluding tert-OH is 2. The number of ether oxygens (including phenoxy) is 1. The highest BCUT2D eigenvalue weighted by Gasteiger charge is 2.74. The molecule has 5 unspecified atom stereocenters. The van der Waals surface area contributed by atoms with Crippen molar-refractivity contribution in [2.45, 2.75) is 75.8 Å². The van der Waals surface area contributed by atoms with Crippen LogP contribution in [0.15, 0.2) is 12.7 Å². The number of hydrogen-bond acceptors (Lipinski definition) is 4. The molecule has 0 bridgehead atoms. The molecule has 1 aliphatic carbocycles. The van der Waals surface area contributed by atoms with Gasteiger partial charge < -0.3 is 20.1 Å². The fourth-order valence-corrected chi connectivity index (χ4v) is 3.71. The number of hydrogen-bond donors (Lipinski definition) is 3. The average Bonchev–Trinajstić information content (AvgIpc) is 2.96. The molecule has 0 spiro atoms. The van der Waals surface area contributed by atoms with Crippen molar-refractivity contribution in [1.29, 1.82) is 0 Å². The Balaban J connectivity index is 1.49. The molecular formula is C17H30O4. The monoisotopic (exact) mass is 298 g/mol. The summed E-state index contributed by atoms with van der Waals surface area (Å²) in [4.78, 5) is 0. The van der Waals surface area contributed by atoms with Gasteiger partial charge in [0.25, 0.3) is 0 Å². The van der Waals surface area contributed by atoms with E-state index >= 15 is 0 Å². The van der Waals surface area contributed by atoms with Gasteiger partial charge in [0.1, 0.15) is 6.10 Å². The molecule has 4 nitrogen and oxygen atoms in total. The minimum absolute atomic E-state index is 0.0582. The van der Waals surface area contributed by atoms with Crippen molar-refractivity contribution in [2.75, 3.05) is 6.61 Å². The van der Waals surface area contributed by atoms with Gasteiger partial charge in [-0.15, -0.1) is 6.58 Å². The largest absolute Gasteiger partial charge is 0.394 e. The average molecular weight is 298 g/mol. The molecule has 2 rings (SSSR count). The molecule has 0 amide bonds. The fourth-order valence-electron chi connectivity index (χ4n) is 3.71. The molecule has 21 heavy (non-hydrogen) atoms. The van der Waals surface area contributed by atoms with Crippen LogP contribution in [0.1, 0.15) is 57.8 Å². The first-order valence-corrected chi connectivity index (χ1v) is 8.45. The van der Waals surface area contributed by atoms with E-state index < -0.39 is 18.0 Å². The van der Waals surface area contributed by atoms with Crippen molar-refractivity contribution >= 4 is 0 Å². The van der Waals surface area contributed by atoms with Crippen molar-refractivity contribution in [2.24, 2.45) is 11.8 Å². The quantitative estimate of drug-likeness (QED) is 0.404. The van der Waals surface area contributed by atoms with Crippen LogP contribution in [0.5, 0.6) is 0 Å². The topological polar surface area (TPSA) is 69.9 Å². The molecule has 2 fully saturated rings. The molecule has 0 aromatic heterocycles. The summed E-state index contributed by atoms with van der Waals surface area (Å²) >= 11 is 0. The van der Waals surface area contributed by atoms with E-state index in [9.17, 15) is 10.2 Å². The second kappa shape index (κ2) is 7.73. The summed E-state index contributed by atoms with van der Waals surface area (Å²) in [5, 5.41) is 29.2.